The number of nitrogens with two attached hydrogens (primary N) is 1. The third kappa shape index (κ3) is 2.76. The normalized spacial score (nSPS) is 10.1. The lowest BCUT2D eigenvalue weighted by Gasteiger charge is -2.04. The van der Waals surface area contributed by atoms with E-state index < -0.39 is 5.97 Å². The van der Waals surface area contributed by atoms with E-state index in [1.54, 1.807) is 24.4 Å². The second kappa shape index (κ2) is 4.88. The van der Waals surface area contributed by atoms with Gasteiger partial charge in [-0.1, -0.05) is 11.8 Å². The standard InChI is InChI=1S/C12H10N2O2S/c13-8-3-5-9(6-4-8)17-11-10(12(15)16)2-1-7-14-11/h1-7H,13H2,(H,15,16). The Labute approximate surface area is 102 Å². The Bertz CT molecular complexity index is 540. The van der Waals surface area contributed by atoms with Gasteiger partial charge >= 0.3 is 5.97 Å². The lowest BCUT2D eigenvalue weighted by molar-refractivity contribution is 0.0692. The van der Waals surface area contributed by atoms with Crippen LogP contribution >= 0.6 is 11.8 Å². The molecule has 0 atom stereocenters. The van der Waals surface area contributed by atoms with E-state index in [0.717, 1.165) is 4.90 Å². The van der Waals surface area contributed by atoms with Gasteiger partial charge in [-0.25, -0.2) is 9.78 Å². The molecule has 1 aromatic heterocycles. The highest BCUT2D eigenvalue weighted by atomic mass is 32.2. The molecule has 0 saturated heterocycles. The molecule has 3 N–H and O–H groups in total. The van der Waals surface area contributed by atoms with Gasteiger partial charge in [0.15, 0.2) is 0 Å². The number of nitrogen functional groups attached to an aromatic ring is 1. The van der Waals surface area contributed by atoms with Crippen LogP contribution in [-0.2, 0) is 0 Å². The zero-order valence-electron chi connectivity index (χ0n) is 8.83. The maximum atomic E-state index is 11.0. The number of carboxylic acids is 1. The first-order valence-electron chi connectivity index (χ1n) is 4.88. The molecule has 4 nitrogen and oxygen atoms in total. The molecule has 0 aliphatic heterocycles. The number of aromatic nitrogens is 1. The Hall–Kier alpha value is -2.01. The quantitative estimate of drug-likeness (QED) is 0.814. The molecular formula is C12H10N2O2S. The van der Waals surface area contributed by atoms with E-state index in [1.165, 1.54) is 17.8 Å². The van der Waals surface area contributed by atoms with Crippen LogP contribution in [-0.4, -0.2) is 16.1 Å². The molecule has 86 valence electrons. The molecule has 0 fully saturated rings. The van der Waals surface area contributed by atoms with Crippen molar-refractivity contribution in [2.45, 2.75) is 9.92 Å². The molecular weight excluding hydrogens is 236 g/mol. The Morgan fingerprint density at radius 3 is 2.59 bits per heavy atom. The maximum absolute atomic E-state index is 11.0. The summed E-state index contributed by atoms with van der Waals surface area (Å²) in [6.07, 6.45) is 1.58. The molecule has 2 aromatic rings. The van der Waals surface area contributed by atoms with Crippen LogP contribution in [0.15, 0.2) is 52.5 Å². The van der Waals surface area contributed by atoms with Crippen molar-refractivity contribution in [3.05, 3.63) is 48.2 Å². The first-order chi connectivity index (χ1) is 8.16. The average molecular weight is 246 g/mol. The fourth-order valence-electron chi connectivity index (χ4n) is 1.28. The third-order valence-electron chi connectivity index (χ3n) is 2.10. The number of aromatic carboxylic acids is 1. The van der Waals surface area contributed by atoms with Gasteiger partial charge in [-0.15, -0.1) is 0 Å². The van der Waals surface area contributed by atoms with Gasteiger partial charge in [-0.05, 0) is 36.4 Å². The number of anilines is 1. The van der Waals surface area contributed by atoms with Crippen molar-refractivity contribution in [2.75, 3.05) is 5.73 Å². The van der Waals surface area contributed by atoms with Gasteiger partial charge in [0.1, 0.15) is 5.03 Å². The van der Waals surface area contributed by atoms with E-state index in [0.29, 0.717) is 10.7 Å². The van der Waals surface area contributed by atoms with Crippen LogP contribution in [0.4, 0.5) is 5.69 Å². The molecule has 5 heteroatoms. The fourth-order valence-corrected chi connectivity index (χ4v) is 2.16. The first-order valence-corrected chi connectivity index (χ1v) is 5.70. The summed E-state index contributed by atoms with van der Waals surface area (Å²) in [5.74, 6) is -0.976. The van der Waals surface area contributed by atoms with E-state index in [9.17, 15) is 4.79 Å². The number of nitrogens with zero attached hydrogens (tertiary/aromatic N) is 1. The zero-order valence-corrected chi connectivity index (χ0v) is 9.65. The Morgan fingerprint density at radius 2 is 1.94 bits per heavy atom. The summed E-state index contributed by atoms with van der Waals surface area (Å²) in [4.78, 5) is 16.0. The Morgan fingerprint density at radius 1 is 1.24 bits per heavy atom. The first kappa shape index (κ1) is 11.5. The number of carbonyl (C=O) groups is 1. The predicted molar refractivity (Wildman–Crippen MR) is 66.2 cm³/mol. The van der Waals surface area contributed by atoms with Gasteiger partial charge in [0.25, 0.3) is 0 Å². The van der Waals surface area contributed by atoms with Crippen molar-refractivity contribution in [2.24, 2.45) is 0 Å². The van der Waals surface area contributed by atoms with E-state index in [4.69, 9.17) is 10.8 Å². The average Bonchev–Trinajstić information content (AvgIpc) is 2.32. The van der Waals surface area contributed by atoms with Crippen molar-refractivity contribution < 1.29 is 9.90 Å². The van der Waals surface area contributed by atoms with Gasteiger partial charge < -0.3 is 10.8 Å². The number of rotatable bonds is 3. The molecule has 1 aromatic carbocycles. The molecule has 2 rings (SSSR count). The highest BCUT2D eigenvalue weighted by Gasteiger charge is 2.11. The third-order valence-corrected chi connectivity index (χ3v) is 3.12. The lowest BCUT2D eigenvalue weighted by Crippen LogP contribution is -1.99. The monoisotopic (exact) mass is 246 g/mol. The molecule has 1 heterocycles. The van der Waals surface area contributed by atoms with Crippen LogP contribution in [0.5, 0.6) is 0 Å². The minimum absolute atomic E-state index is 0.203. The lowest BCUT2D eigenvalue weighted by atomic mass is 10.3. The van der Waals surface area contributed by atoms with Crippen LogP contribution in [0, 0.1) is 0 Å². The van der Waals surface area contributed by atoms with E-state index >= 15 is 0 Å². The van der Waals surface area contributed by atoms with Crippen LogP contribution in [0.1, 0.15) is 10.4 Å². The maximum Gasteiger partial charge on any atom is 0.338 e. The highest BCUT2D eigenvalue weighted by Crippen LogP contribution is 2.28. The summed E-state index contributed by atoms with van der Waals surface area (Å²) >= 11 is 1.30. The molecule has 0 aliphatic carbocycles. The molecule has 0 aliphatic rings. The van der Waals surface area contributed by atoms with Crippen molar-refractivity contribution in [3.8, 4) is 0 Å². The smallest absolute Gasteiger partial charge is 0.338 e. The van der Waals surface area contributed by atoms with Crippen molar-refractivity contribution in [1.82, 2.24) is 4.98 Å². The Kier molecular flexibility index (Phi) is 3.30. The minimum atomic E-state index is -0.976. The number of hydrogen-bond donors (Lipinski definition) is 2. The van der Waals surface area contributed by atoms with Gasteiger partial charge in [-0.2, -0.15) is 0 Å². The summed E-state index contributed by atoms with van der Waals surface area (Å²) < 4.78 is 0. The van der Waals surface area contributed by atoms with Gasteiger partial charge in [-0.3, -0.25) is 0 Å². The van der Waals surface area contributed by atoms with Crippen LogP contribution in [0.25, 0.3) is 0 Å². The molecule has 0 unspecified atom stereocenters. The van der Waals surface area contributed by atoms with E-state index in [-0.39, 0.29) is 5.56 Å². The van der Waals surface area contributed by atoms with Crippen molar-refractivity contribution in [1.29, 1.82) is 0 Å². The van der Waals surface area contributed by atoms with Gasteiger partial charge in [0.05, 0.1) is 5.56 Å². The van der Waals surface area contributed by atoms with Gasteiger partial charge in [0.2, 0.25) is 0 Å². The summed E-state index contributed by atoms with van der Waals surface area (Å²) in [5.41, 5.74) is 6.46. The van der Waals surface area contributed by atoms with Gasteiger partial charge in [0, 0.05) is 16.8 Å². The zero-order chi connectivity index (χ0) is 12.3. The van der Waals surface area contributed by atoms with E-state index in [2.05, 4.69) is 4.98 Å². The van der Waals surface area contributed by atoms with Crippen LogP contribution < -0.4 is 5.73 Å². The minimum Gasteiger partial charge on any atom is -0.478 e. The second-order valence-electron chi connectivity index (χ2n) is 3.33. The molecule has 0 spiro atoms. The largest absolute Gasteiger partial charge is 0.478 e. The highest BCUT2D eigenvalue weighted by molar-refractivity contribution is 7.99. The summed E-state index contributed by atoms with van der Waals surface area (Å²) in [5, 5.41) is 9.49. The summed E-state index contributed by atoms with van der Waals surface area (Å²) in [6.45, 7) is 0. The molecule has 0 bridgehead atoms. The van der Waals surface area contributed by atoms with Crippen molar-refractivity contribution in [3.63, 3.8) is 0 Å². The molecule has 0 saturated carbocycles. The molecule has 0 amide bonds. The number of carboxylic acid groups (broad SMARTS) is 1. The summed E-state index contributed by atoms with van der Waals surface area (Å²) in [7, 11) is 0. The number of benzene rings is 1. The van der Waals surface area contributed by atoms with Crippen LogP contribution in [0.2, 0.25) is 0 Å². The number of hydrogen-bond acceptors (Lipinski definition) is 4. The van der Waals surface area contributed by atoms with E-state index in [1.807, 2.05) is 12.1 Å². The molecule has 0 radical (unpaired) electrons. The second-order valence-corrected chi connectivity index (χ2v) is 4.39. The predicted octanol–water partition coefficient (Wildman–Crippen LogP) is 2.51. The Balaban J connectivity index is 2.30. The summed E-state index contributed by atoms with van der Waals surface area (Å²) in [6, 6.07) is 10.4. The molecule has 17 heavy (non-hydrogen) atoms. The number of pyridine rings is 1. The topological polar surface area (TPSA) is 76.2 Å². The van der Waals surface area contributed by atoms with Crippen molar-refractivity contribution >= 4 is 23.4 Å². The fraction of sp³-hybridized carbons (Fsp3) is 0. The van der Waals surface area contributed by atoms with Crippen LogP contribution in [0.3, 0.4) is 0 Å². The SMILES string of the molecule is Nc1ccc(Sc2ncccc2C(=O)O)cc1.